The van der Waals surface area contributed by atoms with Gasteiger partial charge in [0.05, 0.1) is 0 Å². The molecule has 0 radical (unpaired) electrons. The van der Waals surface area contributed by atoms with E-state index in [1.165, 1.54) is 37.2 Å². The monoisotopic (exact) mass is 387 g/mol. The highest BCUT2D eigenvalue weighted by molar-refractivity contribution is 6.30. The Bertz CT molecular complexity index is 628. The average molecular weight is 388 g/mol. The number of hydrogen-bond acceptors (Lipinski definition) is 3. The van der Waals surface area contributed by atoms with Crippen LogP contribution in [0.25, 0.3) is 0 Å². The van der Waals surface area contributed by atoms with Gasteiger partial charge in [-0.2, -0.15) is 0 Å². The third-order valence-electron chi connectivity index (χ3n) is 5.90. The molecule has 1 fully saturated rings. The SMILES string of the molecule is CC(C)[C@H](CN1CCC(c2ccc(Cl)cc2)CC1)NCCC1=NCCC=C1. The van der Waals surface area contributed by atoms with Crippen LogP contribution in [0.3, 0.4) is 0 Å². The van der Waals surface area contributed by atoms with Crippen LogP contribution in [-0.4, -0.2) is 49.4 Å². The van der Waals surface area contributed by atoms with Crippen molar-refractivity contribution in [1.82, 2.24) is 10.2 Å². The van der Waals surface area contributed by atoms with Crippen molar-refractivity contribution >= 4 is 17.3 Å². The summed E-state index contributed by atoms with van der Waals surface area (Å²) in [5, 5.41) is 4.62. The van der Waals surface area contributed by atoms with Gasteiger partial charge in [-0.1, -0.05) is 43.7 Å². The maximum atomic E-state index is 6.03. The molecule has 1 saturated heterocycles. The first-order valence-corrected chi connectivity index (χ1v) is 10.9. The molecule has 1 aromatic rings. The minimum Gasteiger partial charge on any atom is -0.312 e. The van der Waals surface area contributed by atoms with Crippen LogP contribution in [0.4, 0.5) is 0 Å². The molecule has 1 aromatic carbocycles. The highest BCUT2D eigenvalue weighted by Gasteiger charge is 2.23. The molecule has 2 aliphatic heterocycles. The van der Waals surface area contributed by atoms with Crippen molar-refractivity contribution in [3.05, 3.63) is 47.0 Å². The number of likely N-dealkylation sites (tertiary alicyclic amines) is 1. The molecular weight excluding hydrogens is 354 g/mol. The van der Waals surface area contributed by atoms with Crippen LogP contribution < -0.4 is 5.32 Å². The number of dihydropyridines is 1. The highest BCUT2D eigenvalue weighted by Crippen LogP contribution is 2.29. The number of nitrogens with one attached hydrogen (secondary N) is 1. The van der Waals surface area contributed by atoms with Crippen LogP contribution in [0.5, 0.6) is 0 Å². The quantitative estimate of drug-likeness (QED) is 0.685. The summed E-state index contributed by atoms with van der Waals surface area (Å²) in [6, 6.07) is 8.99. The van der Waals surface area contributed by atoms with Crippen molar-refractivity contribution in [3.8, 4) is 0 Å². The molecule has 2 aliphatic rings. The number of benzene rings is 1. The van der Waals surface area contributed by atoms with Gasteiger partial charge >= 0.3 is 0 Å². The number of allylic oxidation sites excluding steroid dienone is 1. The molecule has 0 amide bonds. The van der Waals surface area contributed by atoms with E-state index < -0.39 is 0 Å². The minimum absolute atomic E-state index is 0.547. The molecule has 0 saturated carbocycles. The second-order valence-electron chi connectivity index (χ2n) is 8.25. The smallest absolute Gasteiger partial charge is 0.0427 e. The van der Waals surface area contributed by atoms with Crippen molar-refractivity contribution in [3.63, 3.8) is 0 Å². The van der Waals surface area contributed by atoms with Crippen LogP contribution in [0.15, 0.2) is 41.4 Å². The zero-order valence-electron chi connectivity index (χ0n) is 16.8. The summed E-state index contributed by atoms with van der Waals surface area (Å²) in [4.78, 5) is 7.24. The topological polar surface area (TPSA) is 27.6 Å². The van der Waals surface area contributed by atoms with E-state index >= 15 is 0 Å². The molecule has 1 atom stereocenters. The van der Waals surface area contributed by atoms with Crippen LogP contribution in [0.1, 0.15) is 51.0 Å². The van der Waals surface area contributed by atoms with Gasteiger partial charge in [0.25, 0.3) is 0 Å². The van der Waals surface area contributed by atoms with E-state index in [1.54, 1.807) is 0 Å². The number of hydrogen-bond donors (Lipinski definition) is 1. The first-order valence-electron chi connectivity index (χ1n) is 10.5. The van der Waals surface area contributed by atoms with Gasteiger partial charge in [-0.15, -0.1) is 0 Å². The molecule has 0 spiro atoms. The second kappa shape index (κ2) is 10.4. The summed E-state index contributed by atoms with van der Waals surface area (Å²) in [5.74, 6) is 1.32. The molecule has 4 heteroatoms. The second-order valence-corrected chi connectivity index (χ2v) is 8.68. The van der Waals surface area contributed by atoms with E-state index in [4.69, 9.17) is 11.6 Å². The van der Waals surface area contributed by atoms with Crippen LogP contribution in [0, 0.1) is 5.92 Å². The van der Waals surface area contributed by atoms with Crippen molar-refractivity contribution in [1.29, 1.82) is 0 Å². The molecular formula is C23H34ClN3. The fraction of sp³-hybridized carbons (Fsp3) is 0.609. The van der Waals surface area contributed by atoms with Gasteiger partial charge < -0.3 is 10.2 Å². The maximum Gasteiger partial charge on any atom is 0.0427 e. The molecule has 27 heavy (non-hydrogen) atoms. The molecule has 3 nitrogen and oxygen atoms in total. The zero-order chi connectivity index (χ0) is 19.1. The number of halogens is 1. The Labute approximate surface area is 169 Å². The lowest BCUT2D eigenvalue weighted by molar-refractivity contribution is 0.176. The predicted molar refractivity (Wildman–Crippen MR) is 117 cm³/mol. The maximum absolute atomic E-state index is 6.03. The molecule has 0 unspecified atom stereocenters. The summed E-state index contributed by atoms with van der Waals surface area (Å²) in [6.45, 7) is 10.2. The third kappa shape index (κ3) is 6.44. The van der Waals surface area contributed by atoms with E-state index in [-0.39, 0.29) is 0 Å². The van der Waals surface area contributed by atoms with E-state index in [9.17, 15) is 0 Å². The Balaban J connectivity index is 1.43. The van der Waals surface area contributed by atoms with Gasteiger partial charge in [0.2, 0.25) is 0 Å². The fourth-order valence-corrected chi connectivity index (χ4v) is 4.20. The van der Waals surface area contributed by atoms with E-state index in [0.29, 0.717) is 17.9 Å². The van der Waals surface area contributed by atoms with Gasteiger partial charge in [-0.05, 0) is 68.0 Å². The molecule has 148 valence electrons. The summed E-state index contributed by atoms with van der Waals surface area (Å²) >= 11 is 6.03. The minimum atomic E-state index is 0.547. The lowest BCUT2D eigenvalue weighted by Gasteiger charge is -2.36. The van der Waals surface area contributed by atoms with Gasteiger partial charge in [-0.3, -0.25) is 4.99 Å². The van der Waals surface area contributed by atoms with Crippen molar-refractivity contribution in [2.45, 2.75) is 51.5 Å². The van der Waals surface area contributed by atoms with Gasteiger partial charge in [-0.25, -0.2) is 0 Å². The molecule has 3 rings (SSSR count). The van der Waals surface area contributed by atoms with Gasteiger partial charge in [0, 0.05) is 42.8 Å². The Hall–Kier alpha value is -1.16. The summed E-state index contributed by atoms with van der Waals surface area (Å²) in [6.07, 6.45) is 9.06. The van der Waals surface area contributed by atoms with E-state index in [0.717, 1.165) is 37.5 Å². The third-order valence-corrected chi connectivity index (χ3v) is 6.15. The number of nitrogens with zero attached hydrogens (tertiary/aromatic N) is 2. The lowest BCUT2D eigenvalue weighted by Crippen LogP contribution is -2.47. The number of piperidine rings is 1. The van der Waals surface area contributed by atoms with Crippen LogP contribution >= 0.6 is 11.6 Å². The largest absolute Gasteiger partial charge is 0.312 e. The normalized spacial score (nSPS) is 20.1. The van der Waals surface area contributed by atoms with E-state index in [2.05, 4.69) is 53.3 Å². The van der Waals surface area contributed by atoms with E-state index in [1.807, 2.05) is 12.1 Å². The molecule has 0 aliphatic carbocycles. The predicted octanol–water partition coefficient (Wildman–Crippen LogP) is 4.92. The first kappa shape index (κ1) is 20.6. The molecule has 0 aromatic heterocycles. The van der Waals surface area contributed by atoms with Gasteiger partial charge in [0.1, 0.15) is 0 Å². The standard InChI is InChI=1S/C23H34ClN3/c1-18(2)23(26-14-10-22-5-3-4-13-25-22)17-27-15-11-20(12-16-27)19-6-8-21(24)9-7-19/h3,5-9,18,20,23,26H,4,10-17H2,1-2H3/t23-/m0/s1. The summed E-state index contributed by atoms with van der Waals surface area (Å²) in [7, 11) is 0. The van der Waals surface area contributed by atoms with Crippen molar-refractivity contribution in [2.75, 3.05) is 32.7 Å². The van der Waals surface area contributed by atoms with Crippen LogP contribution in [0.2, 0.25) is 5.02 Å². The average Bonchev–Trinajstić information content (AvgIpc) is 2.69. The van der Waals surface area contributed by atoms with Gasteiger partial charge in [0.15, 0.2) is 0 Å². The Morgan fingerprint density at radius 2 is 1.93 bits per heavy atom. The first-order chi connectivity index (χ1) is 13.1. The number of aliphatic imine (C=N–C) groups is 1. The lowest BCUT2D eigenvalue weighted by atomic mass is 9.89. The molecule has 2 heterocycles. The van der Waals surface area contributed by atoms with Crippen molar-refractivity contribution < 1.29 is 0 Å². The summed E-state index contributed by atoms with van der Waals surface area (Å²) in [5.41, 5.74) is 2.69. The summed E-state index contributed by atoms with van der Waals surface area (Å²) < 4.78 is 0. The zero-order valence-corrected chi connectivity index (χ0v) is 17.6. The Morgan fingerprint density at radius 1 is 1.19 bits per heavy atom. The van der Waals surface area contributed by atoms with Crippen molar-refractivity contribution in [2.24, 2.45) is 10.9 Å². The molecule has 1 N–H and O–H groups in total. The fourth-order valence-electron chi connectivity index (χ4n) is 4.08. The Morgan fingerprint density at radius 3 is 2.56 bits per heavy atom. The Kier molecular flexibility index (Phi) is 7.93. The highest BCUT2D eigenvalue weighted by atomic mass is 35.5. The number of rotatable bonds is 8. The molecule has 0 bridgehead atoms. The van der Waals surface area contributed by atoms with Crippen LogP contribution in [-0.2, 0) is 0 Å².